The van der Waals surface area contributed by atoms with Gasteiger partial charge in [0.15, 0.2) is 0 Å². The predicted octanol–water partition coefficient (Wildman–Crippen LogP) is 3.65. The van der Waals surface area contributed by atoms with Gasteiger partial charge in [0.2, 0.25) is 11.8 Å². The zero-order chi connectivity index (χ0) is 20.6. The zero-order valence-corrected chi connectivity index (χ0v) is 16.7. The lowest BCUT2D eigenvalue weighted by Gasteiger charge is -2.08. The van der Waals surface area contributed by atoms with E-state index >= 15 is 0 Å². The van der Waals surface area contributed by atoms with Gasteiger partial charge >= 0.3 is 5.97 Å². The van der Waals surface area contributed by atoms with E-state index in [0.717, 1.165) is 23.1 Å². The Kier molecular flexibility index (Phi) is 6.85. The van der Waals surface area contributed by atoms with Gasteiger partial charge in [0.1, 0.15) is 5.75 Å². The molecule has 0 saturated heterocycles. The highest BCUT2D eigenvalue weighted by Gasteiger charge is 2.15. The van der Waals surface area contributed by atoms with Gasteiger partial charge in [-0.25, -0.2) is 4.79 Å². The molecule has 0 unspecified atom stereocenters. The van der Waals surface area contributed by atoms with Crippen molar-refractivity contribution in [1.82, 2.24) is 10.2 Å². The number of thioether (sulfide) groups is 1. The van der Waals surface area contributed by atoms with Crippen molar-refractivity contribution in [3.05, 3.63) is 54.1 Å². The molecule has 0 aliphatic carbocycles. The minimum Gasteiger partial charge on any atom is -0.494 e. The average molecular weight is 413 g/mol. The Morgan fingerprint density at radius 1 is 1.10 bits per heavy atom. The molecule has 0 fully saturated rings. The van der Waals surface area contributed by atoms with Crippen LogP contribution in [0.5, 0.6) is 5.75 Å². The Hall–Kier alpha value is -3.33. The molecule has 3 rings (SSSR count). The Labute approximate surface area is 171 Å². The van der Waals surface area contributed by atoms with E-state index in [2.05, 4.69) is 15.5 Å². The summed E-state index contributed by atoms with van der Waals surface area (Å²) in [5, 5.41) is 10.9. The van der Waals surface area contributed by atoms with E-state index < -0.39 is 5.97 Å². The van der Waals surface area contributed by atoms with Crippen molar-refractivity contribution in [1.29, 1.82) is 0 Å². The topological polar surface area (TPSA) is 104 Å². The number of hydrogen-bond acceptors (Lipinski definition) is 8. The van der Waals surface area contributed by atoms with Gasteiger partial charge in [0.05, 0.1) is 30.7 Å². The average Bonchev–Trinajstić information content (AvgIpc) is 3.22. The van der Waals surface area contributed by atoms with Crippen molar-refractivity contribution in [2.75, 3.05) is 24.8 Å². The second-order valence-electron chi connectivity index (χ2n) is 5.70. The van der Waals surface area contributed by atoms with E-state index in [1.54, 1.807) is 24.3 Å². The first-order chi connectivity index (χ1) is 14.1. The number of carbonyl (C=O) groups excluding carboxylic acids is 2. The molecular weight excluding hydrogens is 394 g/mol. The molecule has 1 aromatic heterocycles. The highest BCUT2D eigenvalue weighted by atomic mass is 32.2. The number of nitrogens with zero attached hydrogens (tertiary/aromatic N) is 2. The molecule has 2 aromatic carbocycles. The number of nitrogens with one attached hydrogen (secondary N) is 1. The van der Waals surface area contributed by atoms with E-state index in [9.17, 15) is 9.59 Å². The predicted molar refractivity (Wildman–Crippen MR) is 108 cm³/mol. The molecule has 150 valence electrons. The number of methoxy groups -OCH3 is 1. The van der Waals surface area contributed by atoms with Crippen LogP contribution in [0.2, 0.25) is 0 Å². The molecule has 0 aliphatic rings. The molecule has 0 bridgehead atoms. The highest BCUT2D eigenvalue weighted by Crippen LogP contribution is 2.25. The van der Waals surface area contributed by atoms with Crippen LogP contribution in [-0.4, -0.2) is 41.5 Å². The summed E-state index contributed by atoms with van der Waals surface area (Å²) in [6.45, 7) is 2.51. The quantitative estimate of drug-likeness (QED) is 0.441. The van der Waals surface area contributed by atoms with Gasteiger partial charge in [-0.1, -0.05) is 23.9 Å². The lowest BCUT2D eigenvalue weighted by atomic mass is 10.2. The molecular formula is C20H19N3O5S. The third-order valence-corrected chi connectivity index (χ3v) is 4.57. The monoisotopic (exact) mass is 413 g/mol. The molecule has 0 radical (unpaired) electrons. The van der Waals surface area contributed by atoms with Crippen molar-refractivity contribution in [3.8, 4) is 17.2 Å². The minimum absolute atomic E-state index is 0.0421. The maximum absolute atomic E-state index is 12.2. The van der Waals surface area contributed by atoms with Gasteiger partial charge in [-0.05, 0) is 43.3 Å². The Morgan fingerprint density at radius 2 is 1.86 bits per heavy atom. The molecule has 29 heavy (non-hydrogen) atoms. The van der Waals surface area contributed by atoms with Crippen LogP contribution in [0, 0.1) is 0 Å². The lowest BCUT2D eigenvalue weighted by molar-refractivity contribution is -0.113. The number of amides is 1. The number of carbonyl (C=O) groups is 2. The molecule has 9 heteroatoms. The first-order valence-electron chi connectivity index (χ1n) is 8.77. The normalized spacial score (nSPS) is 10.4. The van der Waals surface area contributed by atoms with Crippen molar-refractivity contribution >= 4 is 29.3 Å². The summed E-state index contributed by atoms with van der Waals surface area (Å²) in [6, 6.07) is 13.9. The maximum Gasteiger partial charge on any atom is 0.339 e. The van der Waals surface area contributed by atoms with Crippen molar-refractivity contribution in [2.45, 2.75) is 12.1 Å². The van der Waals surface area contributed by atoms with Crippen LogP contribution in [0.15, 0.2) is 58.2 Å². The van der Waals surface area contributed by atoms with Crippen LogP contribution in [0.3, 0.4) is 0 Å². The smallest absolute Gasteiger partial charge is 0.339 e. The van der Waals surface area contributed by atoms with E-state index in [1.165, 1.54) is 7.11 Å². The van der Waals surface area contributed by atoms with Gasteiger partial charge in [0, 0.05) is 5.56 Å². The van der Waals surface area contributed by atoms with E-state index in [0.29, 0.717) is 18.2 Å². The third kappa shape index (κ3) is 5.35. The Morgan fingerprint density at radius 3 is 2.59 bits per heavy atom. The first kappa shape index (κ1) is 20.4. The lowest BCUT2D eigenvalue weighted by Crippen LogP contribution is -2.17. The standard InChI is InChI=1S/C20H19N3O5S/c1-3-27-14-10-8-13(9-11-14)18-22-23-20(28-18)29-12-17(24)21-16-7-5-4-6-15(16)19(25)26-2/h4-11H,3,12H2,1-2H3,(H,21,24). The molecule has 0 saturated carbocycles. The van der Waals surface area contributed by atoms with Crippen LogP contribution in [0.25, 0.3) is 11.5 Å². The van der Waals surface area contributed by atoms with Crippen LogP contribution in [0.1, 0.15) is 17.3 Å². The summed E-state index contributed by atoms with van der Waals surface area (Å²) in [7, 11) is 1.29. The fraction of sp³-hybridized carbons (Fsp3) is 0.200. The summed E-state index contributed by atoms with van der Waals surface area (Å²) in [4.78, 5) is 24.0. The van der Waals surface area contributed by atoms with Gasteiger partial charge < -0.3 is 19.2 Å². The molecule has 1 heterocycles. The second kappa shape index (κ2) is 9.74. The van der Waals surface area contributed by atoms with Crippen LogP contribution in [0.4, 0.5) is 5.69 Å². The summed E-state index contributed by atoms with van der Waals surface area (Å²) in [5.41, 5.74) is 1.42. The van der Waals surface area contributed by atoms with Gasteiger partial charge in [-0.3, -0.25) is 4.79 Å². The van der Waals surface area contributed by atoms with E-state index in [1.807, 2.05) is 31.2 Å². The number of para-hydroxylation sites is 1. The van der Waals surface area contributed by atoms with Gasteiger partial charge in [-0.15, -0.1) is 10.2 Å². The first-order valence-corrected chi connectivity index (χ1v) is 9.76. The molecule has 0 aliphatic heterocycles. The minimum atomic E-state index is -0.523. The number of aromatic nitrogens is 2. The number of ether oxygens (including phenoxy) is 2. The maximum atomic E-state index is 12.2. The number of hydrogen-bond donors (Lipinski definition) is 1. The number of benzene rings is 2. The SMILES string of the molecule is CCOc1ccc(-c2nnc(SCC(=O)Nc3ccccc3C(=O)OC)o2)cc1. The zero-order valence-electron chi connectivity index (χ0n) is 15.9. The third-order valence-electron chi connectivity index (χ3n) is 3.75. The highest BCUT2D eigenvalue weighted by molar-refractivity contribution is 7.99. The van der Waals surface area contributed by atoms with Crippen molar-refractivity contribution in [2.24, 2.45) is 0 Å². The summed E-state index contributed by atoms with van der Waals surface area (Å²) in [6.07, 6.45) is 0. The van der Waals surface area contributed by atoms with Crippen LogP contribution >= 0.6 is 11.8 Å². The molecule has 1 amide bonds. The second-order valence-corrected chi connectivity index (χ2v) is 6.63. The van der Waals surface area contributed by atoms with Crippen molar-refractivity contribution < 1.29 is 23.5 Å². The van der Waals surface area contributed by atoms with Gasteiger partial charge in [-0.2, -0.15) is 0 Å². The van der Waals surface area contributed by atoms with Gasteiger partial charge in [0.25, 0.3) is 5.22 Å². The fourth-order valence-electron chi connectivity index (χ4n) is 2.44. The van der Waals surface area contributed by atoms with E-state index in [-0.39, 0.29) is 22.4 Å². The number of rotatable bonds is 8. The number of esters is 1. The number of anilines is 1. The summed E-state index contributed by atoms with van der Waals surface area (Å²) < 4.78 is 15.7. The summed E-state index contributed by atoms with van der Waals surface area (Å²) in [5.74, 6) is 0.319. The Balaban J connectivity index is 1.58. The van der Waals surface area contributed by atoms with Crippen LogP contribution in [-0.2, 0) is 9.53 Å². The van der Waals surface area contributed by atoms with E-state index in [4.69, 9.17) is 13.9 Å². The largest absolute Gasteiger partial charge is 0.494 e. The molecule has 0 atom stereocenters. The molecule has 0 spiro atoms. The molecule has 1 N–H and O–H groups in total. The van der Waals surface area contributed by atoms with Crippen molar-refractivity contribution in [3.63, 3.8) is 0 Å². The molecule has 3 aromatic rings. The Bertz CT molecular complexity index is 988. The molecule has 8 nitrogen and oxygen atoms in total. The summed E-state index contributed by atoms with van der Waals surface area (Å²) >= 11 is 1.10. The van der Waals surface area contributed by atoms with Crippen LogP contribution < -0.4 is 10.1 Å². The fourth-order valence-corrected chi connectivity index (χ4v) is 3.00.